The number of nitrogens with one attached hydrogen (secondary N) is 3. The lowest BCUT2D eigenvalue weighted by Gasteiger charge is -2.23. The van der Waals surface area contributed by atoms with Crippen molar-refractivity contribution in [1.29, 1.82) is 0 Å². The fourth-order valence-electron chi connectivity index (χ4n) is 1.90. The largest absolute Gasteiger partial charge is 0.480 e. The first-order chi connectivity index (χ1) is 12.7. The molecule has 0 aromatic heterocycles. The minimum Gasteiger partial charge on any atom is -0.480 e. The molecule has 0 rings (SSSR count). The lowest BCUT2D eigenvalue weighted by molar-refractivity contribution is -0.141. The van der Waals surface area contributed by atoms with Crippen molar-refractivity contribution in [2.24, 2.45) is 11.5 Å². The molecule has 13 heteroatoms. The van der Waals surface area contributed by atoms with E-state index >= 15 is 0 Å². The summed E-state index contributed by atoms with van der Waals surface area (Å²) in [5.74, 6) is -4.04. The Balaban J connectivity index is 5.23. The second kappa shape index (κ2) is 13.2. The Morgan fingerprint density at radius 1 is 1.04 bits per heavy atom. The Morgan fingerprint density at radius 2 is 1.59 bits per heavy atom. The van der Waals surface area contributed by atoms with Crippen LogP contribution >= 0.6 is 24.4 Å². The molecule has 0 aliphatic carbocycles. The molecular weight excluding hydrogens is 398 g/mol. The average Bonchev–Trinajstić information content (AvgIpc) is 2.61. The summed E-state index contributed by atoms with van der Waals surface area (Å²) in [7, 11) is 0. The predicted octanol–water partition coefficient (Wildman–Crippen LogP) is -2.96. The Morgan fingerprint density at radius 3 is 2.04 bits per heavy atom. The Kier molecular flexibility index (Phi) is 12.2. The van der Waals surface area contributed by atoms with Gasteiger partial charge < -0.3 is 32.5 Å². The smallest absolute Gasteiger partial charge is 0.327 e. The number of rotatable bonds is 13. The van der Waals surface area contributed by atoms with Crippen LogP contribution in [-0.2, 0) is 24.0 Å². The van der Waals surface area contributed by atoms with Gasteiger partial charge in [0.15, 0.2) is 0 Å². The van der Waals surface area contributed by atoms with Crippen molar-refractivity contribution in [2.45, 2.75) is 31.0 Å². The van der Waals surface area contributed by atoms with Crippen LogP contribution in [0, 0.1) is 0 Å². The van der Waals surface area contributed by atoms with Gasteiger partial charge >= 0.3 is 5.97 Å². The molecule has 154 valence electrons. The van der Waals surface area contributed by atoms with E-state index in [1.807, 2.05) is 6.26 Å². The van der Waals surface area contributed by atoms with Crippen LogP contribution in [-0.4, -0.2) is 77.1 Å². The summed E-state index contributed by atoms with van der Waals surface area (Å²) in [5.41, 5.74) is 10.3. The van der Waals surface area contributed by atoms with E-state index in [1.165, 1.54) is 11.8 Å². The van der Waals surface area contributed by atoms with Gasteiger partial charge in [-0.2, -0.15) is 24.4 Å². The highest BCUT2D eigenvalue weighted by Gasteiger charge is 2.29. The van der Waals surface area contributed by atoms with Crippen molar-refractivity contribution in [3.63, 3.8) is 0 Å². The van der Waals surface area contributed by atoms with Gasteiger partial charge in [-0.3, -0.25) is 19.2 Å². The summed E-state index contributed by atoms with van der Waals surface area (Å²) < 4.78 is 0. The molecule has 0 radical (unpaired) electrons. The maximum absolute atomic E-state index is 12.4. The number of hydrogen-bond acceptors (Lipinski definition) is 8. The lowest BCUT2D eigenvalue weighted by atomic mass is 10.1. The number of thioether (sulfide) groups is 1. The van der Waals surface area contributed by atoms with Crippen LogP contribution in [0.25, 0.3) is 0 Å². The van der Waals surface area contributed by atoms with Gasteiger partial charge in [-0.15, -0.1) is 0 Å². The van der Waals surface area contributed by atoms with E-state index in [9.17, 15) is 24.0 Å². The first-order valence-electron chi connectivity index (χ1n) is 7.87. The van der Waals surface area contributed by atoms with E-state index in [0.717, 1.165) is 0 Å². The van der Waals surface area contributed by atoms with Crippen molar-refractivity contribution >= 4 is 54.0 Å². The van der Waals surface area contributed by atoms with E-state index in [-0.39, 0.29) is 18.7 Å². The number of amides is 4. The number of thiol groups is 1. The minimum absolute atomic E-state index is 0.193. The summed E-state index contributed by atoms with van der Waals surface area (Å²) >= 11 is 5.26. The van der Waals surface area contributed by atoms with Crippen LogP contribution in [0.4, 0.5) is 0 Å². The zero-order valence-corrected chi connectivity index (χ0v) is 16.5. The molecule has 8 N–H and O–H groups in total. The van der Waals surface area contributed by atoms with Crippen LogP contribution in [0.1, 0.15) is 12.8 Å². The van der Waals surface area contributed by atoms with Crippen LogP contribution in [0.15, 0.2) is 0 Å². The fourth-order valence-corrected chi connectivity index (χ4v) is 2.62. The Hall–Kier alpha value is -1.99. The first-order valence-corrected chi connectivity index (χ1v) is 9.89. The molecule has 0 aliphatic heterocycles. The molecule has 3 atom stereocenters. The van der Waals surface area contributed by atoms with Gasteiger partial charge in [0, 0.05) is 5.75 Å². The van der Waals surface area contributed by atoms with Crippen LogP contribution in [0.2, 0.25) is 0 Å². The maximum Gasteiger partial charge on any atom is 0.327 e. The molecule has 4 amide bonds. The van der Waals surface area contributed by atoms with Crippen LogP contribution in [0.5, 0.6) is 0 Å². The van der Waals surface area contributed by atoms with Gasteiger partial charge in [-0.25, -0.2) is 4.79 Å². The van der Waals surface area contributed by atoms with Crippen molar-refractivity contribution < 1.29 is 29.1 Å². The molecular formula is C14H25N5O6S2. The minimum atomic E-state index is -1.40. The third-order valence-electron chi connectivity index (χ3n) is 3.28. The van der Waals surface area contributed by atoms with E-state index in [1.54, 1.807) is 0 Å². The highest BCUT2D eigenvalue weighted by molar-refractivity contribution is 7.98. The number of nitrogens with two attached hydrogens (primary N) is 2. The molecule has 3 unspecified atom stereocenters. The zero-order chi connectivity index (χ0) is 21.0. The molecule has 0 bridgehead atoms. The molecule has 0 spiro atoms. The summed E-state index contributed by atoms with van der Waals surface area (Å²) in [4.78, 5) is 58.4. The summed E-state index contributed by atoms with van der Waals surface area (Å²) in [6, 6.07) is -3.68. The molecule has 0 aliphatic rings. The van der Waals surface area contributed by atoms with E-state index in [2.05, 4.69) is 28.6 Å². The van der Waals surface area contributed by atoms with Crippen LogP contribution < -0.4 is 27.4 Å². The molecule has 0 aromatic carbocycles. The second-order valence-electron chi connectivity index (χ2n) is 5.42. The van der Waals surface area contributed by atoms with E-state index < -0.39 is 54.1 Å². The third kappa shape index (κ3) is 10.1. The lowest BCUT2D eigenvalue weighted by Crippen LogP contribution is -2.57. The number of carbonyl (C=O) groups excluding carboxylic acids is 4. The summed E-state index contributed by atoms with van der Waals surface area (Å²) in [6.45, 7) is -0.323. The molecule has 27 heavy (non-hydrogen) atoms. The molecule has 0 fully saturated rings. The van der Waals surface area contributed by atoms with Gasteiger partial charge in [0.2, 0.25) is 23.6 Å². The van der Waals surface area contributed by atoms with Gasteiger partial charge in [0.05, 0.1) is 13.0 Å². The quantitative estimate of drug-likeness (QED) is 0.153. The van der Waals surface area contributed by atoms with E-state index in [4.69, 9.17) is 16.6 Å². The SMILES string of the molecule is CSCCC(NC(=O)CN)C(=O)NC(CC(N)=O)C(=O)NC(CS)C(=O)O. The predicted molar refractivity (Wildman–Crippen MR) is 103 cm³/mol. The number of aliphatic carboxylic acids is 1. The first kappa shape index (κ1) is 25.0. The highest BCUT2D eigenvalue weighted by Crippen LogP contribution is 2.03. The van der Waals surface area contributed by atoms with Crippen molar-refractivity contribution in [2.75, 3.05) is 24.3 Å². The molecule has 0 saturated heterocycles. The molecule has 11 nitrogen and oxygen atoms in total. The molecule has 0 aromatic rings. The average molecular weight is 424 g/mol. The molecule has 0 heterocycles. The highest BCUT2D eigenvalue weighted by atomic mass is 32.2. The van der Waals surface area contributed by atoms with Crippen molar-refractivity contribution in [3.8, 4) is 0 Å². The third-order valence-corrected chi connectivity index (χ3v) is 4.29. The normalized spacial score (nSPS) is 13.7. The number of hydrogen-bond donors (Lipinski definition) is 7. The van der Waals surface area contributed by atoms with Gasteiger partial charge in [-0.1, -0.05) is 0 Å². The number of carboxylic acid groups (broad SMARTS) is 1. The molecule has 0 saturated carbocycles. The monoisotopic (exact) mass is 423 g/mol. The van der Waals surface area contributed by atoms with Crippen molar-refractivity contribution in [1.82, 2.24) is 16.0 Å². The number of carbonyl (C=O) groups is 5. The zero-order valence-electron chi connectivity index (χ0n) is 14.8. The fraction of sp³-hybridized carbons (Fsp3) is 0.643. The van der Waals surface area contributed by atoms with Gasteiger partial charge in [-0.05, 0) is 18.4 Å². The standard InChI is InChI=1S/C14H25N5O6S2/c1-27-3-2-7(17-11(21)5-15)12(22)18-8(4-10(16)20)13(23)19-9(6-26)14(24)25/h7-9,26H,2-6,15H2,1H3,(H2,16,20)(H,17,21)(H,18,22)(H,19,23)(H,24,25). The topological polar surface area (TPSA) is 194 Å². The summed E-state index contributed by atoms with van der Waals surface area (Å²) in [6.07, 6.45) is 1.53. The van der Waals surface area contributed by atoms with Crippen LogP contribution in [0.3, 0.4) is 0 Å². The number of primary amides is 1. The summed E-state index contributed by atoms with van der Waals surface area (Å²) in [5, 5.41) is 15.9. The van der Waals surface area contributed by atoms with E-state index in [0.29, 0.717) is 5.75 Å². The Bertz CT molecular complexity index is 562. The second-order valence-corrected chi connectivity index (χ2v) is 6.77. The van der Waals surface area contributed by atoms with Gasteiger partial charge in [0.25, 0.3) is 0 Å². The van der Waals surface area contributed by atoms with Crippen molar-refractivity contribution in [3.05, 3.63) is 0 Å². The van der Waals surface area contributed by atoms with Gasteiger partial charge in [0.1, 0.15) is 18.1 Å². The number of carboxylic acids is 1. The Labute approximate surface area is 166 Å². The maximum atomic E-state index is 12.4.